The number of aliphatic imine (C=N–C) groups is 1. The van der Waals surface area contributed by atoms with E-state index in [4.69, 9.17) is 9.47 Å². The van der Waals surface area contributed by atoms with Gasteiger partial charge in [0.05, 0.1) is 28.8 Å². The lowest BCUT2D eigenvalue weighted by molar-refractivity contribution is -0.385. The van der Waals surface area contributed by atoms with Gasteiger partial charge in [0.25, 0.3) is 11.6 Å². The summed E-state index contributed by atoms with van der Waals surface area (Å²) in [6, 6.07) is 16.2. The Morgan fingerprint density at radius 2 is 1.88 bits per heavy atom. The minimum absolute atomic E-state index is 0.0112. The zero-order valence-electron chi connectivity index (χ0n) is 18.9. The summed E-state index contributed by atoms with van der Waals surface area (Å²) >= 11 is 0. The Labute approximate surface area is 196 Å². The number of carbonyl (C=O) groups is 1. The summed E-state index contributed by atoms with van der Waals surface area (Å²) in [6.45, 7) is 2.28. The number of amides is 1. The molecule has 0 spiro atoms. The number of carbonyl (C=O) groups excluding carboxylic acids is 1. The summed E-state index contributed by atoms with van der Waals surface area (Å²) in [4.78, 5) is 30.8. The van der Waals surface area contributed by atoms with Crippen molar-refractivity contribution in [3.05, 3.63) is 92.5 Å². The normalized spacial score (nSPS) is 16.0. The van der Waals surface area contributed by atoms with Gasteiger partial charge in [0.1, 0.15) is 12.4 Å². The number of ether oxygens (including phenoxy) is 2. The van der Waals surface area contributed by atoms with Gasteiger partial charge in [-0.1, -0.05) is 18.2 Å². The SMILES string of the molecule is COCc1cc(COc2cc3c(cc2C)C(=O)N2c4ccccc4C[C@H]2C=N3)cc([N+](=O)[O-])c1. The van der Waals surface area contributed by atoms with Crippen molar-refractivity contribution in [2.24, 2.45) is 4.99 Å². The molecule has 0 saturated heterocycles. The van der Waals surface area contributed by atoms with E-state index in [0.29, 0.717) is 28.1 Å². The van der Waals surface area contributed by atoms with Crippen molar-refractivity contribution in [2.75, 3.05) is 12.0 Å². The number of para-hydroxylation sites is 1. The fraction of sp³-hybridized carbons (Fsp3) is 0.231. The number of hydrogen-bond donors (Lipinski definition) is 0. The van der Waals surface area contributed by atoms with E-state index in [1.165, 1.54) is 12.1 Å². The number of fused-ring (bicyclic) bond motifs is 4. The van der Waals surface area contributed by atoms with Crippen LogP contribution in [0.3, 0.4) is 0 Å². The highest BCUT2D eigenvalue weighted by Crippen LogP contribution is 2.38. The van der Waals surface area contributed by atoms with Crippen molar-refractivity contribution in [2.45, 2.75) is 32.6 Å². The van der Waals surface area contributed by atoms with Crippen LogP contribution in [0.1, 0.15) is 32.6 Å². The van der Waals surface area contributed by atoms with E-state index in [9.17, 15) is 14.9 Å². The van der Waals surface area contributed by atoms with Gasteiger partial charge in [0.15, 0.2) is 0 Å². The summed E-state index contributed by atoms with van der Waals surface area (Å²) in [5.74, 6) is 0.492. The van der Waals surface area contributed by atoms with Crippen molar-refractivity contribution < 1.29 is 19.2 Å². The van der Waals surface area contributed by atoms with Gasteiger partial charge in [0.2, 0.25) is 0 Å². The lowest BCUT2D eigenvalue weighted by Gasteiger charge is -2.22. The molecule has 1 atom stereocenters. The molecule has 8 heteroatoms. The monoisotopic (exact) mass is 457 g/mol. The lowest BCUT2D eigenvalue weighted by atomic mass is 10.1. The van der Waals surface area contributed by atoms with Crippen LogP contribution in [-0.2, 0) is 24.4 Å². The average Bonchev–Trinajstić information content (AvgIpc) is 3.14. The van der Waals surface area contributed by atoms with Crippen LogP contribution in [0, 0.1) is 17.0 Å². The molecule has 172 valence electrons. The number of nitrogens with zero attached hydrogens (tertiary/aromatic N) is 3. The number of nitro benzene ring substituents is 1. The van der Waals surface area contributed by atoms with E-state index in [1.54, 1.807) is 19.2 Å². The second kappa shape index (κ2) is 8.72. The van der Waals surface area contributed by atoms with Crippen LogP contribution in [0.15, 0.2) is 59.6 Å². The Morgan fingerprint density at radius 1 is 1.12 bits per heavy atom. The molecule has 3 aromatic carbocycles. The molecule has 0 bridgehead atoms. The van der Waals surface area contributed by atoms with Crippen LogP contribution in [-0.4, -0.2) is 30.2 Å². The fourth-order valence-corrected chi connectivity index (χ4v) is 4.54. The van der Waals surface area contributed by atoms with Gasteiger partial charge in [-0.15, -0.1) is 0 Å². The largest absolute Gasteiger partial charge is 0.489 e. The molecule has 0 unspecified atom stereocenters. The number of hydrogen-bond acceptors (Lipinski definition) is 6. The topological polar surface area (TPSA) is 94.3 Å². The van der Waals surface area contributed by atoms with Crippen LogP contribution in [0.4, 0.5) is 17.1 Å². The number of aryl methyl sites for hydroxylation is 1. The van der Waals surface area contributed by atoms with Gasteiger partial charge in [-0.3, -0.25) is 24.8 Å². The minimum Gasteiger partial charge on any atom is -0.489 e. The number of rotatable bonds is 6. The maximum absolute atomic E-state index is 13.5. The number of anilines is 1. The predicted octanol–water partition coefficient (Wildman–Crippen LogP) is 4.92. The van der Waals surface area contributed by atoms with Gasteiger partial charge >= 0.3 is 0 Å². The molecule has 0 aliphatic carbocycles. The van der Waals surface area contributed by atoms with Crippen LogP contribution in [0.5, 0.6) is 5.75 Å². The van der Waals surface area contributed by atoms with Crippen molar-refractivity contribution in [1.29, 1.82) is 0 Å². The molecule has 3 aromatic rings. The molecule has 0 aromatic heterocycles. The number of nitro groups is 1. The van der Waals surface area contributed by atoms with E-state index >= 15 is 0 Å². The van der Waals surface area contributed by atoms with Crippen molar-refractivity contribution in [3.8, 4) is 5.75 Å². The van der Waals surface area contributed by atoms with Crippen LogP contribution >= 0.6 is 0 Å². The van der Waals surface area contributed by atoms with Crippen molar-refractivity contribution >= 4 is 29.2 Å². The molecule has 0 saturated carbocycles. The predicted molar refractivity (Wildman–Crippen MR) is 128 cm³/mol. The quantitative estimate of drug-likeness (QED) is 0.387. The number of methoxy groups -OCH3 is 1. The first-order valence-corrected chi connectivity index (χ1v) is 10.9. The minimum atomic E-state index is -0.430. The Hall–Kier alpha value is -4.04. The maximum atomic E-state index is 13.5. The summed E-state index contributed by atoms with van der Waals surface area (Å²) < 4.78 is 11.1. The van der Waals surface area contributed by atoms with E-state index in [1.807, 2.05) is 48.4 Å². The van der Waals surface area contributed by atoms with Crippen LogP contribution in [0.2, 0.25) is 0 Å². The molecule has 2 aliphatic heterocycles. The third kappa shape index (κ3) is 3.92. The standard InChI is InChI=1S/C26H23N3O5/c1-16-7-22-23(27-13-21-11-19-5-3-4-6-24(19)28(21)26(22)30)12-25(16)34-15-18-8-17(14-33-2)9-20(10-18)29(31)32/h3-10,12-13,21H,11,14-15H2,1-2H3/t21-/m0/s1. The average molecular weight is 457 g/mol. The van der Waals surface area contributed by atoms with Gasteiger partial charge in [-0.25, -0.2) is 0 Å². The Bertz CT molecular complexity index is 1330. The molecule has 34 heavy (non-hydrogen) atoms. The highest BCUT2D eigenvalue weighted by molar-refractivity contribution is 6.14. The van der Waals surface area contributed by atoms with Gasteiger partial charge in [-0.2, -0.15) is 0 Å². The Balaban J connectivity index is 1.42. The molecule has 0 N–H and O–H groups in total. The molecule has 2 aliphatic rings. The number of benzene rings is 3. The Kier molecular flexibility index (Phi) is 5.59. The zero-order valence-corrected chi connectivity index (χ0v) is 18.9. The summed E-state index contributed by atoms with van der Waals surface area (Å²) in [6.07, 6.45) is 2.55. The summed E-state index contributed by atoms with van der Waals surface area (Å²) in [5, 5.41) is 11.3. The first-order valence-electron chi connectivity index (χ1n) is 10.9. The molecule has 0 radical (unpaired) electrons. The first-order chi connectivity index (χ1) is 16.4. The van der Waals surface area contributed by atoms with Crippen molar-refractivity contribution in [3.63, 3.8) is 0 Å². The van der Waals surface area contributed by atoms with Crippen LogP contribution < -0.4 is 9.64 Å². The smallest absolute Gasteiger partial charge is 0.270 e. The summed E-state index contributed by atoms with van der Waals surface area (Å²) in [7, 11) is 1.54. The molecule has 5 rings (SSSR count). The lowest BCUT2D eigenvalue weighted by Crippen LogP contribution is -2.37. The highest BCUT2D eigenvalue weighted by Gasteiger charge is 2.36. The molecule has 2 heterocycles. The third-order valence-electron chi connectivity index (χ3n) is 6.09. The van der Waals surface area contributed by atoms with E-state index in [-0.39, 0.29) is 30.9 Å². The summed E-state index contributed by atoms with van der Waals surface area (Å²) in [5.41, 5.74) is 5.27. The van der Waals surface area contributed by atoms with E-state index in [2.05, 4.69) is 4.99 Å². The second-order valence-corrected chi connectivity index (χ2v) is 8.47. The highest BCUT2D eigenvalue weighted by atomic mass is 16.6. The van der Waals surface area contributed by atoms with Crippen LogP contribution in [0.25, 0.3) is 0 Å². The fourth-order valence-electron chi connectivity index (χ4n) is 4.54. The van der Waals surface area contributed by atoms with Gasteiger partial charge in [-0.05, 0) is 47.4 Å². The molecular formula is C26H23N3O5. The molecular weight excluding hydrogens is 434 g/mol. The van der Waals surface area contributed by atoms with E-state index < -0.39 is 4.92 Å². The third-order valence-corrected chi connectivity index (χ3v) is 6.09. The van der Waals surface area contributed by atoms with E-state index in [0.717, 1.165) is 23.2 Å². The maximum Gasteiger partial charge on any atom is 0.270 e. The second-order valence-electron chi connectivity index (χ2n) is 8.47. The first kappa shape index (κ1) is 21.8. The molecule has 0 fully saturated rings. The van der Waals surface area contributed by atoms with Gasteiger partial charge in [0, 0.05) is 43.6 Å². The van der Waals surface area contributed by atoms with Crippen molar-refractivity contribution in [1.82, 2.24) is 0 Å². The molecule has 8 nitrogen and oxygen atoms in total. The molecule has 1 amide bonds. The zero-order chi connectivity index (χ0) is 23.8. The van der Waals surface area contributed by atoms with Gasteiger partial charge < -0.3 is 9.47 Å². The Morgan fingerprint density at radius 3 is 2.65 bits per heavy atom. The number of non-ortho nitro benzene ring substituents is 1.